The smallest absolute Gasteiger partial charge is 0.255 e. The number of aromatic nitrogens is 1. The number of nitrogens with zero attached hydrogens (tertiary/aromatic N) is 2. The summed E-state index contributed by atoms with van der Waals surface area (Å²) in [6, 6.07) is 8.31. The van der Waals surface area contributed by atoms with E-state index in [2.05, 4.69) is 25.8 Å². The SMILES string of the molecule is CC(=O)Nc1cc(NC(C)=O)cc(C(=O)Nc2ccc(N3CC(C)OC(C)C3)nc2)c1. The Morgan fingerprint density at radius 1 is 0.903 bits per heavy atom. The van der Waals surface area contributed by atoms with Crippen molar-refractivity contribution in [2.75, 3.05) is 33.9 Å². The van der Waals surface area contributed by atoms with E-state index in [0.717, 1.165) is 18.9 Å². The predicted molar refractivity (Wildman–Crippen MR) is 119 cm³/mol. The molecular weight excluding hydrogens is 398 g/mol. The maximum atomic E-state index is 12.8. The first-order valence-corrected chi connectivity index (χ1v) is 10.1. The average molecular weight is 425 g/mol. The number of rotatable bonds is 5. The van der Waals surface area contributed by atoms with Crippen molar-refractivity contribution in [2.24, 2.45) is 0 Å². The second-order valence-corrected chi connectivity index (χ2v) is 7.68. The summed E-state index contributed by atoms with van der Waals surface area (Å²) in [6.45, 7) is 8.31. The van der Waals surface area contributed by atoms with E-state index >= 15 is 0 Å². The van der Waals surface area contributed by atoms with Crippen LogP contribution in [0.5, 0.6) is 0 Å². The van der Waals surface area contributed by atoms with E-state index in [-0.39, 0.29) is 35.5 Å². The van der Waals surface area contributed by atoms with Gasteiger partial charge in [0.05, 0.1) is 24.1 Å². The first-order chi connectivity index (χ1) is 14.7. The molecule has 3 amide bonds. The van der Waals surface area contributed by atoms with Crippen LogP contribution >= 0.6 is 0 Å². The van der Waals surface area contributed by atoms with Gasteiger partial charge in [0, 0.05) is 43.9 Å². The molecule has 0 bridgehead atoms. The molecule has 2 heterocycles. The van der Waals surface area contributed by atoms with Crippen LogP contribution in [0.2, 0.25) is 0 Å². The zero-order chi connectivity index (χ0) is 22.5. The summed E-state index contributed by atoms with van der Waals surface area (Å²) in [5.41, 5.74) is 1.64. The molecule has 1 aliphatic rings. The lowest BCUT2D eigenvalue weighted by atomic mass is 10.1. The van der Waals surface area contributed by atoms with E-state index in [4.69, 9.17) is 4.74 Å². The van der Waals surface area contributed by atoms with Gasteiger partial charge >= 0.3 is 0 Å². The Morgan fingerprint density at radius 3 is 1.97 bits per heavy atom. The highest BCUT2D eigenvalue weighted by atomic mass is 16.5. The molecule has 9 nitrogen and oxygen atoms in total. The van der Waals surface area contributed by atoms with Crippen LogP contribution in [0.4, 0.5) is 22.9 Å². The molecule has 0 aliphatic carbocycles. The Kier molecular flexibility index (Phi) is 6.86. The number of carbonyl (C=O) groups is 3. The Balaban J connectivity index is 1.74. The number of nitrogens with one attached hydrogen (secondary N) is 3. The highest BCUT2D eigenvalue weighted by molar-refractivity contribution is 6.06. The van der Waals surface area contributed by atoms with Crippen molar-refractivity contribution in [3.63, 3.8) is 0 Å². The van der Waals surface area contributed by atoms with E-state index in [9.17, 15) is 14.4 Å². The molecule has 1 saturated heterocycles. The summed E-state index contributed by atoms with van der Waals surface area (Å²) in [5.74, 6) is -0.127. The second-order valence-electron chi connectivity index (χ2n) is 7.68. The Bertz CT molecular complexity index is 932. The van der Waals surface area contributed by atoms with E-state index in [1.165, 1.54) is 13.8 Å². The Hall–Kier alpha value is -3.46. The Labute approximate surface area is 181 Å². The number of hydrogen-bond donors (Lipinski definition) is 3. The Morgan fingerprint density at radius 2 is 1.48 bits per heavy atom. The van der Waals surface area contributed by atoms with Gasteiger partial charge in [0.1, 0.15) is 5.82 Å². The van der Waals surface area contributed by atoms with Crippen LogP contribution in [0.3, 0.4) is 0 Å². The zero-order valence-electron chi connectivity index (χ0n) is 18.1. The van der Waals surface area contributed by atoms with Crippen molar-refractivity contribution in [1.29, 1.82) is 0 Å². The van der Waals surface area contributed by atoms with Crippen LogP contribution in [-0.4, -0.2) is 48.0 Å². The average Bonchev–Trinajstić information content (AvgIpc) is 2.66. The fourth-order valence-corrected chi connectivity index (χ4v) is 3.52. The molecule has 2 atom stereocenters. The third-order valence-electron chi connectivity index (χ3n) is 4.59. The molecule has 2 aromatic rings. The fraction of sp³-hybridized carbons (Fsp3) is 0.364. The van der Waals surface area contributed by atoms with E-state index in [1.807, 2.05) is 19.9 Å². The van der Waals surface area contributed by atoms with Crippen LogP contribution in [-0.2, 0) is 14.3 Å². The third-order valence-corrected chi connectivity index (χ3v) is 4.59. The molecule has 1 aromatic heterocycles. The number of carbonyl (C=O) groups excluding carboxylic acids is 3. The van der Waals surface area contributed by atoms with Gasteiger partial charge in [0.25, 0.3) is 5.91 Å². The maximum absolute atomic E-state index is 12.8. The lowest BCUT2D eigenvalue weighted by molar-refractivity contribution is -0.115. The standard InChI is InChI=1S/C22H27N5O4/c1-13-11-27(12-14(2)31-13)21-6-5-18(10-23-21)26-22(30)17-7-19(24-15(3)28)9-20(8-17)25-16(4)29/h5-10,13-14H,11-12H2,1-4H3,(H,24,28)(H,25,29)(H,26,30). The largest absolute Gasteiger partial charge is 0.372 e. The number of hydrogen-bond acceptors (Lipinski definition) is 6. The van der Waals surface area contributed by atoms with Crippen molar-refractivity contribution >= 4 is 40.6 Å². The van der Waals surface area contributed by atoms with Gasteiger partial charge in [-0.3, -0.25) is 14.4 Å². The molecule has 164 valence electrons. The van der Waals surface area contributed by atoms with Crippen LogP contribution in [0, 0.1) is 0 Å². The summed E-state index contributed by atoms with van der Waals surface area (Å²) < 4.78 is 5.75. The van der Waals surface area contributed by atoms with Crippen molar-refractivity contribution in [1.82, 2.24) is 4.98 Å². The van der Waals surface area contributed by atoms with Gasteiger partial charge in [0.15, 0.2) is 0 Å². The molecule has 3 rings (SSSR count). The number of benzene rings is 1. The van der Waals surface area contributed by atoms with Crippen molar-refractivity contribution in [2.45, 2.75) is 39.9 Å². The zero-order valence-corrected chi connectivity index (χ0v) is 18.1. The van der Waals surface area contributed by atoms with Crippen LogP contribution in [0.15, 0.2) is 36.5 Å². The summed E-state index contributed by atoms with van der Waals surface area (Å²) >= 11 is 0. The van der Waals surface area contributed by atoms with Gasteiger partial charge in [-0.25, -0.2) is 4.98 Å². The molecule has 0 saturated carbocycles. The maximum Gasteiger partial charge on any atom is 0.255 e. The van der Waals surface area contributed by atoms with Gasteiger partial charge < -0.3 is 25.6 Å². The quantitative estimate of drug-likeness (QED) is 0.679. The van der Waals surface area contributed by atoms with E-state index < -0.39 is 0 Å². The third kappa shape index (κ3) is 6.26. The van der Waals surface area contributed by atoms with Gasteiger partial charge in [0.2, 0.25) is 11.8 Å². The van der Waals surface area contributed by atoms with Crippen LogP contribution in [0.25, 0.3) is 0 Å². The van der Waals surface area contributed by atoms with Crippen molar-refractivity contribution < 1.29 is 19.1 Å². The topological polar surface area (TPSA) is 113 Å². The highest BCUT2D eigenvalue weighted by Gasteiger charge is 2.23. The van der Waals surface area contributed by atoms with Crippen LogP contribution < -0.4 is 20.9 Å². The number of pyridine rings is 1. The first kappa shape index (κ1) is 22.2. The minimum atomic E-state index is -0.387. The lowest BCUT2D eigenvalue weighted by Crippen LogP contribution is -2.45. The van der Waals surface area contributed by atoms with E-state index in [1.54, 1.807) is 30.5 Å². The highest BCUT2D eigenvalue weighted by Crippen LogP contribution is 2.22. The normalized spacial score (nSPS) is 18.3. The molecule has 2 unspecified atom stereocenters. The molecule has 1 aromatic carbocycles. The molecule has 31 heavy (non-hydrogen) atoms. The van der Waals surface area contributed by atoms with Crippen LogP contribution in [0.1, 0.15) is 38.1 Å². The molecule has 0 radical (unpaired) electrons. The fourth-order valence-electron chi connectivity index (χ4n) is 3.52. The van der Waals surface area contributed by atoms with Gasteiger partial charge in [-0.2, -0.15) is 0 Å². The van der Waals surface area contributed by atoms with E-state index in [0.29, 0.717) is 17.1 Å². The van der Waals surface area contributed by atoms with Crippen molar-refractivity contribution in [3.8, 4) is 0 Å². The minimum absolute atomic E-state index is 0.124. The summed E-state index contributed by atoms with van der Waals surface area (Å²) in [7, 11) is 0. The number of ether oxygens (including phenoxy) is 1. The van der Waals surface area contributed by atoms with Gasteiger partial charge in [-0.05, 0) is 44.2 Å². The summed E-state index contributed by atoms with van der Waals surface area (Å²) in [4.78, 5) is 42.2. The first-order valence-electron chi connectivity index (χ1n) is 10.1. The number of anilines is 4. The molecule has 0 spiro atoms. The molecule has 3 N–H and O–H groups in total. The molecule has 1 fully saturated rings. The molecule has 9 heteroatoms. The van der Waals surface area contributed by atoms with Gasteiger partial charge in [-0.15, -0.1) is 0 Å². The number of morpholine rings is 1. The monoisotopic (exact) mass is 425 g/mol. The number of amides is 3. The van der Waals surface area contributed by atoms with Gasteiger partial charge in [-0.1, -0.05) is 0 Å². The summed E-state index contributed by atoms with van der Waals surface area (Å²) in [6.07, 6.45) is 1.85. The minimum Gasteiger partial charge on any atom is -0.372 e. The molecular formula is C22H27N5O4. The lowest BCUT2D eigenvalue weighted by Gasteiger charge is -2.36. The molecule has 1 aliphatic heterocycles. The predicted octanol–water partition coefficient (Wildman–Crippen LogP) is 2.86. The summed E-state index contributed by atoms with van der Waals surface area (Å²) in [5, 5.41) is 8.06. The second kappa shape index (κ2) is 9.57. The van der Waals surface area contributed by atoms with Crippen molar-refractivity contribution in [3.05, 3.63) is 42.1 Å².